The Kier molecular flexibility index (Phi) is 7.75. The highest BCUT2D eigenvalue weighted by atomic mass is 32.2. The minimum Gasteiger partial charge on any atom is -0.497 e. The van der Waals surface area contributed by atoms with Gasteiger partial charge in [-0.1, -0.05) is 6.07 Å². The van der Waals surface area contributed by atoms with Crippen LogP contribution in [0.5, 0.6) is 17.2 Å². The van der Waals surface area contributed by atoms with Gasteiger partial charge in [-0.3, -0.25) is 4.55 Å². The Morgan fingerprint density at radius 1 is 0.949 bits per heavy atom. The molecular formula is C28H28NO9S+. The zero-order valence-electron chi connectivity index (χ0n) is 21.8. The van der Waals surface area contributed by atoms with Crippen molar-refractivity contribution in [3.05, 3.63) is 70.8 Å². The molecule has 1 aromatic heterocycles. The van der Waals surface area contributed by atoms with Gasteiger partial charge in [-0.15, -0.1) is 0 Å². The number of benzene rings is 3. The van der Waals surface area contributed by atoms with Crippen molar-refractivity contribution >= 4 is 43.9 Å². The van der Waals surface area contributed by atoms with E-state index >= 15 is 0 Å². The van der Waals surface area contributed by atoms with Crippen LogP contribution in [0.1, 0.15) is 38.3 Å². The fourth-order valence-electron chi connectivity index (χ4n) is 4.75. The summed E-state index contributed by atoms with van der Waals surface area (Å²) in [5.74, 6) is -1.02. The maximum atomic E-state index is 13.9. The topological polar surface area (TPSA) is 140 Å². The number of para-hydroxylation sites is 1. The number of fused-ring (bicyclic) bond motifs is 2. The SMILES string of the molecule is COc1ccc2c(c1)c(C(=O)Oc1c(C)cc(C(=O)O)cc1C)c1cccc(OC)c1[n+]2CCCS(=O)(=O)O. The number of nitrogens with zero attached hydrogens (tertiary/aromatic N) is 1. The molecule has 2 N–H and O–H groups in total. The lowest BCUT2D eigenvalue weighted by molar-refractivity contribution is -0.645. The summed E-state index contributed by atoms with van der Waals surface area (Å²) in [5, 5.41) is 10.4. The molecular weight excluding hydrogens is 526 g/mol. The molecule has 0 radical (unpaired) electrons. The van der Waals surface area contributed by atoms with Crippen molar-refractivity contribution in [3.63, 3.8) is 0 Å². The first-order valence-corrected chi connectivity index (χ1v) is 13.6. The van der Waals surface area contributed by atoms with Crippen LogP contribution in [0.3, 0.4) is 0 Å². The second kappa shape index (κ2) is 10.9. The highest BCUT2D eigenvalue weighted by Gasteiger charge is 2.29. The Hall–Kier alpha value is -4.22. The fourth-order valence-corrected chi connectivity index (χ4v) is 5.24. The van der Waals surface area contributed by atoms with Crippen LogP contribution in [-0.4, -0.2) is 50.0 Å². The van der Waals surface area contributed by atoms with Gasteiger partial charge >= 0.3 is 11.9 Å². The summed E-state index contributed by atoms with van der Waals surface area (Å²) in [6.07, 6.45) is 0.107. The molecule has 0 spiro atoms. The molecule has 0 fully saturated rings. The number of carbonyl (C=O) groups is 2. The molecule has 0 unspecified atom stereocenters. The molecule has 0 bridgehead atoms. The van der Waals surface area contributed by atoms with E-state index in [2.05, 4.69) is 0 Å². The van der Waals surface area contributed by atoms with Gasteiger partial charge in [0.2, 0.25) is 5.52 Å². The largest absolute Gasteiger partial charge is 0.497 e. The lowest BCUT2D eigenvalue weighted by atomic mass is 10.0. The quantitative estimate of drug-likeness (QED) is 0.103. The number of aromatic nitrogens is 1. The highest BCUT2D eigenvalue weighted by molar-refractivity contribution is 7.85. The monoisotopic (exact) mass is 554 g/mol. The first-order valence-electron chi connectivity index (χ1n) is 12.0. The van der Waals surface area contributed by atoms with E-state index in [0.717, 1.165) is 0 Å². The number of carboxylic acid groups (broad SMARTS) is 1. The number of carboxylic acids is 1. The molecule has 0 saturated carbocycles. The molecule has 39 heavy (non-hydrogen) atoms. The average molecular weight is 555 g/mol. The van der Waals surface area contributed by atoms with Crippen molar-refractivity contribution in [2.45, 2.75) is 26.8 Å². The lowest BCUT2D eigenvalue weighted by Crippen LogP contribution is -2.38. The number of carbonyl (C=O) groups excluding carboxylic acids is 1. The van der Waals surface area contributed by atoms with Crippen LogP contribution >= 0.6 is 0 Å². The second-order valence-corrected chi connectivity index (χ2v) is 10.6. The summed E-state index contributed by atoms with van der Waals surface area (Å²) in [6, 6.07) is 13.2. The lowest BCUT2D eigenvalue weighted by Gasteiger charge is -2.16. The third-order valence-corrected chi connectivity index (χ3v) is 7.22. The second-order valence-electron chi connectivity index (χ2n) is 9.04. The third kappa shape index (κ3) is 5.64. The van der Waals surface area contributed by atoms with E-state index in [1.807, 2.05) is 4.57 Å². The van der Waals surface area contributed by atoms with E-state index in [-0.39, 0.29) is 29.8 Å². The number of methoxy groups -OCH3 is 2. The molecule has 10 nitrogen and oxygen atoms in total. The Labute approximate surface area is 225 Å². The zero-order chi connectivity index (χ0) is 28.5. The van der Waals surface area contributed by atoms with Crippen LogP contribution in [0.2, 0.25) is 0 Å². The van der Waals surface area contributed by atoms with E-state index in [1.165, 1.54) is 26.4 Å². The van der Waals surface area contributed by atoms with E-state index in [9.17, 15) is 27.7 Å². The normalized spacial score (nSPS) is 11.5. The maximum absolute atomic E-state index is 13.9. The number of rotatable bonds is 9. The van der Waals surface area contributed by atoms with Gasteiger partial charge in [0.25, 0.3) is 15.6 Å². The van der Waals surface area contributed by atoms with Gasteiger partial charge in [0.15, 0.2) is 12.3 Å². The molecule has 0 saturated heterocycles. The van der Waals surface area contributed by atoms with Crippen LogP contribution in [0.15, 0.2) is 48.5 Å². The zero-order valence-corrected chi connectivity index (χ0v) is 22.7. The van der Waals surface area contributed by atoms with Crippen LogP contribution in [-0.2, 0) is 16.7 Å². The molecule has 11 heteroatoms. The Morgan fingerprint density at radius 2 is 1.64 bits per heavy atom. The van der Waals surface area contributed by atoms with Crippen molar-refractivity contribution in [2.75, 3.05) is 20.0 Å². The minimum atomic E-state index is -4.18. The van der Waals surface area contributed by atoms with Crippen LogP contribution in [0.4, 0.5) is 0 Å². The summed E-state index contributed by atoms with van der Waals surface area (Å²) in [6.45, 7) is 3.53. The van der Waals surface area contributed by atoms with E-state index < -0.39 is 27.8 Å². The standard InChI is InChI=1S/C28H27NO9S/c1-16-13-18(27(30)31)14-17(2)26(16)38-28(32)24-20-7-5-8-23(37-4)25(20)29(11-6-12-39(33,34)35)22-10-9-19(36-3)15-21(22)24/h5,7-10,13-15H,6,11-12H2,1-4H3,(H-,30,31,33,34,35)/p+1. The molecule has 4 aromatic rings. The summed E-state index contributed by atoms with van der Waals surface area (Å²) < 4.78 is 50.8. The third-order valence-electron chi connectivity index (χ3n) is 6.41. The summed E-state index contributed by atoms with van der Waals surface area (Å²) in [5.41, 5.74) is 2.41. The Morgan fingerprint density at radius 3 is 2.23 bits per heavy atom. The van der Waals surface area contributed by atoms with Crippen molar-refractivity contribution in [1.82, 2.24) is 0 Å². The Balaban J connectivity index is 1.98. The van der Waals surface area contributed by atoms with Crippen molar-refractivity contribution in [2.24, 2.45) is 0 Å². The van der Waals surface area contributed by atoms with Gasteiger partial charge in [0.1, 0.15) is 11.5 Å². The van der Waals surface area contributed by atoms with E-state index in [4.69, 9.17) is 14.2 Å². The minimum absolute atomic E-state index is 0.0841. The number of pyridine rings is 1. The Bertz CT molecular complexity index is 1700. The summed E-state index contributed by atoms with van der Waals surface area (Å²) in [4.78, 5) is 25.3. The first kappa shape index (κ1) is 27.8. The smallest absolute Gasteiger partial charge is 0.345 e. The van der Waals surface area contributed by atoms with Crippen LogP contribution < -0.4 is 18.8 Å². The van der Waals surface area contributed by atoms with Crippen LogP contribution in [0.25, 0.3) is 21.8 Å². The van der Waals surface area contributed by atoms with Gasteiger partial charge < -0.3 is 19.3 Å². The van der Waals surface area contributed by atoms with E-state index in [1.54, 1.807) is 50.2 Å². The number of ether oxygens (including phenoxy) is 3. The molecule has 4 rings (SSSR count). The highest BCUT2D eigenvalue weighted by Crippen LogP contribution is 2.34. The molecule has 0 amide bonds. The van der Waals surface area contributed by atoms with Gasteiger partial charge in [-0.05, 0) is 61.4 Å². The summed E-state index contributed by atoms with van der Waals surface area (Å²) in [7, 11) is -1.19. The van der Waals surface area contributed by atoms with Gasteiger partial charge in [-0.2, -0.15) is 13.0 Å². The van der Waals surface area contributed by atoms with Gasteiger partial charge in [-0.25, -0.2) is 9.59 Å². The number of hydrogen-bond donors (Lipinski definition) is 2. The number of aromatic carboxylic acids is 1. The van der Waals surface area contributed by atoms with Crippen molar-refractivity contribution < 1.29 is 46.4 Å². The molecule has 0 atom stereocenters. The van der Waals surface area contributed by atoms with Crippen molar-refractivity contribution in [3.8, 4) is 17.2 Å². The molecule has 0 aliphatic rings. The predicted octanol–water partition coefficient (Wildman–Crippen LogP) is 4.11. The molecule has 204 valence electrons. The van der Waals surface area contributed by atoms with E-state index in [0.29, 0.717) is 44.4 Å². The fraction of sp³-hybridized carbons (Fsp3) is 0.250. The number of hydrogen-bond acceptors (Lipinski definition) is 7. The maximum Gasteiger partial charge on any atom is 0.345 e. The molecule has 1 heterocycles. The first-order chi connectivity index (χ1) is 18.4. The van der Waals surface area contributed by atoms with Gasteiger partial charge in [0, 0.05) is 12.5 Å². The molecule has 0 aliphatic heterocycles. The van der Waals surface area contributed by atoms with Crippen molar-refractivity contribution in [1.29, 1.82) is 0 Å². The number of aryl methyl sites for hydroxylation is 3. The summed E-state index contributed by atoms with van der Waals surface area (Å²) >= 11 is 0. The van der Waals surface area contributed by atoms with Gasteiger partial charge in [0.05, 0.1) is 41.9 Å². The predicted molar refractivity (Wildman–Crippen MR) is 144 cm³/mol. The van der Waals surface area contributed by atoms with Crippen LogP contribution in [0, 0.1) is 13.8 Å². The number of esters is 1. The average Bonchev–Trinajstić information content (AvgIpc) is 2.88. The molecule has 3 aromatic carbocycles. The molecule has 0 aliphatic carbocycles.